The van der Waals surface area contributed by atoms with E-state index in [1.165, 1.54) is 0 Å². The number of ether oxygens (including phenoxy) is 3. The molecule has 0 spiro atoms. The topological polar surface area (TPSA) is 27.7 Å². The molecule has 0 N–H and O–H groups in total. The Labute approximate surface area is 100 Å². The van der Waals surface area contributed by atoms with E-state index in [0.29, 0.717) is 18.7 Å². The van der Waals surface area contributed by atoms with Crippen molar-refractivity contribution in [1.82, 2.24) is 0 Å². The van der Waals surface area contributed by atoms with Gasteiger partial charge >= 0.3 is 0 Å². The molecule has 0 amide bonds. The van der Waals surface area contributed by atoms with E-state index >= 15 is 0 Å². The first-order valence-electron chi connectivity index (χ1n) is 6.48. The molecule has 1 heterocycles. The molecule has 1 rings (SSSR count). The fraction of sp³-hybridized carbons (Fsp3) is 1.00. The maximum absolute atomic E-state index is 5.81. The van der Waals surface area contributed by atoms with Gasteiger partial charge in [0.05, 0.1) is 18.8 Å². The van der Waals surface area contributed by atoms with Crippen LogP contribution in [-0.2, 0) is 14.2 Å². The Kier molecular flexibility index (Phi) is 6.40. The molecule has 0 radical (unpaired) electrons. The molecule has 0 aliphatic carbocycles. The summed E-state index contributed by atoms with van der Waals surface area (Å²) in [6, 6.07) is 0.326. The lowest BCUT2D eigenvalue weighted by Crippen LogP contribution is -2.25. The van der Waals surface area contributed by atoms with Crippen molar-refractivity contribution in [3.8, 4) is 0 Å². The third-order valence-electron chi connectivity index (χ3n) is 2.78. The first-order valence-corrected chi connectivity index (χ1v) is 6.48. The quantitative estimate of drug-likeness (QED) is 0.376. The maximum atomic E-state index is 5.81. The molecule has 3 atom stereocenters. The fourth-order valence-electron chi connectivity index (χ4n) is 2.05. The van der Waals surface area contributed by atoms with Crippen LogP contribution in [0.2, 0.25) is 0 Å². The molecule has 1 saturated heterocycles. The van der Waals surface area contributed by atoms with Crippen LogP contribution >= 0.6 is 0 Å². The normalized spacial score (nSPS) is 30.1. The molecule has 4 heteroatoms. The van der Waals surface area contributed by atoms with E-state index in [0.717, 1.165) is 25.9 Å². The zero-order valence-electron chi connectivity index (χ0n) is 11.1. The van der Waals surface area contributed by atoms with E-state index in [1.807, 2.05) is 0 Å². The molecule has 16 heavy (non-hydrogen) atoms. The summed E-state index contributed by atoms with van der Waals surface area (Å²) < 4.78 is 17.0. The van der Waals surface area contributed by atoms with Gasteiger partial charge in [0.1, 0.15) is 14.6 Å². The van der Waals surface area contributed by atoms with Gasteiger partial charge in [0, 0.05) is 6.00 Å². The summed E-state index contributed by atoms with van der Waals surface area (Å²) in [5.41, 5.74) is 0. The third kappa shape index (κ3) is 4.85. The highest BCUT2D eigenvalue weighted by molar-refractivity contribution is 6.11. The van der Waals surface area contributed by atoms with E-state index < -0.39 is 0 Å². The Morgan fingerprint density at radius 2 is 2.19 bits per heavy atom. The predicted octanol–water partition coefficient (Wildman–Crippen LogP) is 1.55. The molecule has 0 aromatic heterocycles. The lowest BCUT2D eigenvalue weighted by atomic mass is 9.95. The molecule has 0 aromatic carbocycles. The van der Waals surface area contributed by atoms with Gasteiger partial charge in [-0.05, 0) is 18.8 Å². The van der Waals surface area contributed by atoms with Crippen LogP contribution in [0.15, 0.2) is 0 Å². The highest BCUT2D eigenvalue weighted by atomic mass is 16.7. The van der Waals surface area contributed by atoms with E-state index in [1.54, 1.807) is 0 Å². The van der Waals surface area contributed by atoms with Gasteiger partial charge in [0.2, 0.25) is 0 Å². The van der Waals surface area contributed by atoms with Crippen LogP contribution in [0, 0.1) is 5.92 Å². The Hall–Kier alpha value is -0.0551. The lowest BCUT2D eigenvalue weighted by molar-refractivity contribution is -0.113. The molecule has 1 fully saturated rings. The fourth-order valence-corrected chi connectivity index (χ4v) is 2.05. The number of hydrogen-bond donors (Lipinski definition) is 0. The van der Waals surface area contributed by atoms with Crippen molar-refractivity contribution in [2.24, 2.45) is 5.92 Å². The lowest BCUT2D eigenvalue weighted by Gasteiger charge is -2.18. The zero-order chi connectivity index (χ0) is 12.0. The van der Waals surface area contributed by atoms with Gasteiger partial charge in [0.25, 0.3) is 0 Å². The van der Waals surface area contributed by atoms with E-state index in [4.69, 9.17) is 14.2 Å². The van der Waals surface area contributed by atoms with E-state index in [2.05, 4.69) is 28.6 Å². The van der Waals surface area contributed by atoms with Crippen molar-refractivity contribution in [2.75, 3.05) is 13.4 Å². The molecule has 1 unspecified atom stereocenters. The summed E-state index contributed by atoms with van der Waals surface area (Å²) in [4.78, 5) is 0. The van der Waals surface area contributed by atoms with Crippen LogP contribution in [0.25, 0.3) is 0 Å². The van der Waals surface area contributed by atoms with Crippen molar-refractivity contribution in [1.29, 1.82) is 0 Å². The number of hydrogen-bond acceptors (Lipinski definition) is 3. The van der Waals surface area contributed by atoms with Crippen molar-refractivity contribution in [3.05, 3.63) is 0 Å². The van der Waals surface area contributed by atoms with E-state index in [-0.39, 0.29) is 12.2 Å². The summed E-state index contributed by atoms with van der Waals surface area (Å²) in [5, 5.41) is 0. The van der Waals surface area contributed by atoms with Gasteiger partial charge in [-0.3, -0.25) is 0 Å². The molecule has 0 aromatic rings. The summed E-state index contributed by atoms with van der Waals surface area (Å²) in [6.07, 6.45) is 3.71. The predicted molar refractivity (Wildman–Crippen MR) is 67.3 cm³/mol. The zero-order valence-corrected chi connectivity index (χ0v) is 11.1. The Balaban J connectivity index is 2.18. The van der Waals surface area contributed by atoms with E-state index in [9.17, 15) is 0 Å². The van der Waals surface area contributed by atoms with Gasteiger partial charge in [0.15, 0.2) is 0 Å². The van der Waals surface area contributed by atoms with Crippen LogP contribution < -0.4 is 0 Å². The SMILES string of the molecule is B[C@H]1CC(OCOCC(C)C)[C@@H](CCC)O1. The third-order valence-corrected chi connectivity index (χ3v) is 2.78. The largest absolute Gasteiger partial charge is 0.381 e. The average Bonchev–Trinajstić information content (AvgIpc) is 2.54. The molecule has 3 nitrogen and oxygen atoms in total. The van der Waals surface area contributed by atoms with Crippen LogP contribution in [0.4, 0.5) is 0 Å². The summed E-state index contributed by atoms with van der Waals surface area (Å²) in [5.74, 6) is 0.564. The molecular weight excluding hydrogens is 203 g/mol. The van der Waals surface area contributed by atoms with Crippen LogP contribution in [0.3, 0.4) is 0 Å². The first kappa shape index (κ1) is 14.0. The Morgan fingerprint density at radius 3 is 2.81 bits per heavy atom. The summed E-state index contributed by atoms with van der Waals surface area (Å²) >= 11 is 0. The van der Waals surface area contributed by atoms with Crippen LogP contribution in [-0.4, -0.2) is 39.5 Å². The smallest absolute Gasteiger partial charge is 0.147 e. The summed E-state index contributed by atoms with van der Waals surface area (Å²) in [7, 11) is 2.11. The Morgan fingerprint density at radius 1 is 1.44 bits per heavy atom. The molecule has 0 saturated carbocycles. The minimum absolute atomic E-state index is 0.224. The highest BCUT2D eigenvalue weighted by Crippen LogP contribution is 2.24. The second kappa shape index (κ2) is 7.31. The minimum Gasteiger partial charge on any atom is -0.381 e. The van der Waals surface area contributed by atoms with Gasteiger partial charge in [-0.15, -0.1) is 0 Å². The van der Waals surface area contributed by atoms with Crippen molar-refractivity contribution in [3.63, 3.8) is 0 Å². The van der Waals surface area contributed by atoms with Crippen molar-refractivity contribution in [2.45, 2.75) is 58.2 Å². The second-order valence-corrected chi connectivity index (χ2v) is 5.10. The second-order valence-electron chi connectivity index (χ2n) is 5.10. The minimum atomic E-state index is 0.224. The molecule has 1 aliphatic rings. The number of rotatable bonds is 7. The standard InChI is InChI=1S/C12H25BO3/c1-4-5-10-11(6-12(13)16-10)15-8-14-7-9(2)3/h9-12H,4-8,13H2,1-3H3/t10-,11?,12-/m1/s1. The molecule has 0 bridgehead atoms. The van der Waals surface area contributed by atoms with Gasteiger partial charge < -0.3 is 14.2 Å². The van der Waals surface area contributed by atoms with Gasteiger partial charge in [-0.25, -0.2) is 0 Å². The van der Waals surface area contributed by atoms with Crippen LogP contribution in [0.1, 0.15) is 40.0 Å². The molecule has 1 aliphatic heterocycles. The Bertz CT molecular complexity index is 187. The first-order chi connectivity index (χ1) is 7.63. The van der Waals surface area contributed by atoms with Crippen molar-refractivity contribution < 1.29 is 14.2 Å². The molecule has 94 valence electrons. The summed E-state index contributed by atoms with van der Waals surface area (Å²) in [6.45, 7) is 7.63. The maximum Gasteiger partial charge on any atom is 0.147 e. The van der Waals surface area contributed by atoms with Crippen molar-refractivity contribution >= 4 is 7.85 Å². The average molecular weight is 228 g/mol. The van der Waals surface area contributed by atoms with Gasteiger partial charge in [-0.1, -0.05) is 27.2 Å². The van der Waals surface area contributed by atoms with Gasteiger partial charge in [-0.2, -0.15) is 0 Å². The molecular formula is C12H25BO3. The highest BCUT2D eigenvalue weighted by Gasteiger charge is 2.32. The van der Waals surface area contributed by atoms with Crippen LogP contribution in [0.5, 0.6) is 0 Å². The monoisotopic (exact) mass is 228 g/mol.